The smallest absolute Gasteiger partial charge is 0.411 e. The van der Waals surface area contributed by atoms with Gasteiger partial charge in [-0.2, -0.15) is 13.2 Å². The zero-order valence-corrected chi connectivity index (χ0v) is 27.3. The maximum absolute atomic E-state index is 13.1. The number of benzene rings is 1. The monoisotopic (exact) mass is 668 g/mol. The Morgan fingerprint density at radius 1 is 1.09 bits per heavy atom. The number of carbonyl (C=O) groups is 1. The summed E-state index contributed by atoms with van der Waals surface area (Å²) >= 11 is 1.61. The lowest BCUT2D eigenvalue weighted by Gasteiger charge is -2.30. The van der Waals surface area contributed by atoms with Crippen LogP contribution in [-0.4, -0.2) is 63.8 Å². The van der Waals surface area contributed by atoms with Crippen molar-refractivity contribution < 1.29 is 27.4 Å². The average molecular weight is 669 g/mol. The number of aryl methyl sites for hydroxylation is 2. The van der Waals surface area contributed by atoms with Gasteiger partial charge in [0.05, 0.1) is 24.2 Å². The van der Waals surface area contributed by atoms with E-state index in [2.05, 4.69) is 25.6 Å². The summed E-state index contributed by atoms with van der Waals surface area (Å²) < 4.78 is 48.2. The number of alkyl halides is 3. The first-order chi connectivity index (χ1) is 22.6. The number of carbonyl (C=O) groups excluding carboxylic acids is 1. The third-order valence-electron chi connectivity index (χ3n) is 8.70. The van der Waals surface area contributed by atoms with Crippen molar-refractivity contribution in [2.24, 2.45) is 0 Å². The van der Waals surface area contributed by atoms with Crippen molar-refractivity contribution in [3.8, 4) is 11.5 Å². The molecule has 2 N–H and O–H groups in total. The van der Waals surface area contributed by atoms with E-state index >= 15 is 0 Å². The van der Waals surface area contributed by atoms with E-state index in [1.165, 1.54) is 5.56 Å². The van der Waals surface area contributed by atoms with Crippen molar-refractivity contribution in [2.45, 2.75) is 83.7 Å². The van der Waals surface area contributed by atoms with Crippen LogP contribution in [0.25, 0.3) is 10.2 Å². The Kier molecular flexibility index (Phi) is 10.2. The first-order valence-electron chi connectivity index (χ1n) is 16.0. The molecular weight excluding hydrogens is 629 g/mol. The third-order valence-corrected chi connectivity index (χ3v) is 9.82. The zero-order chi connectivity index (χ0) is 33.0. The number of hydrogen-bond donors (Lipinski definition) is 2. The molecule has 2 aliphatic rings. The van der Waals surface area contributed by atoms with Crippen LogP contribution in [0.5, 0.6) is 11.5 Å². The molecule has 1 aliphatic carbocycles. The summed E-state index contributed by atoms with van der Waals surface area (Å²) in [5.74, 6) is 2.31. The summed E-state index contributed by atoms with van der Waals surface area (Å²) in [7, 11) is 0. The fraction of sp³-hybridized carbons (Fsp3) is 0.471. The Morgan fingerprint density at radius 2 is 1.91 bits per heavy atom. The van der Waals surface area contributed by atoms with Gasteiger partial charge in [-0.1, -0.05) is 0 Å². The largest absolute Gasteiger partial charge is 0.455 e. The van der Waals surface area contributed by atoms with Gasteiger partial charge in [-0.15, -0.1) is 11.3 Å². The average Bonchev–Trinajstić information content (AvgIpc) is 3.43. The highest BCUT2D eigenvalue weighted by Crippen LogP contribution is 2.39. The third kappa shape index (κ3) is 8.57. The molecule has 250 valence electrons. The number of amides is 1. The maximum atomic E-state index is 13.1. The predicted molar refractivity (Wildman–Crippen MR) is 175 cm³/mol. The highest BCUT2D eigenvalue weighted by atomic mass is 32.1. The standard InChI is InChI=1S/C34H39F3N6O3S/c1-21-16-24(8-12-28(21)46-26-9-5-22(2)39-17-26)42-32-31-27-13-15-43(18-29(27)47-33(31)41-20-40-32)30(44)4-3-14-38-23-6-10-25(11-7-23)45-19-34(35,36)37/h5,8-9,12,16-17,20,23,25,38H,3-4,6-7,10-11,13-15,18-19H2,1-2H3,(H,40,41,42)/t23-,25-. The van der Waals surface area contributed by atoms with Gasteiger partial charge >= 0.3 is 6.18 Å². The fourth-order valence-corrected chi connectivity index (χ4v) is 7.41. The second-order valence-corrected chi connectivity index (χ2v) is 13.4. The molecule has 4 heterocycles. The Labute approximate surface area is 275 Å². The fourth-order valence-electron chi connectivity index (χ4n) is 6.21. The summed E-state index contributed by atoms with van der Waals surface area (Å²) in [5, 5.41) is 7.96. The normalized spacial score (nSPS) is 18.3. The van der Waals surface area contributed by atoms with Crippen molar-refractivity contribution in [3.63, 3.8) is 0 Å². The van der Waals surface area contributed by atoms with E-state index in [4.69, 9.17) is 9.47 Å². The van der Waals surface area contributed by atoms with Crippen LogP contribution in [0.4, 0.5) is 24.7 Å². The molecule has 0 spiro atoms. The topological polar surface area (TPSA) is 102 Å². The molecule has 6 rings (SSSR count). The van der Waals surface area contributed by atoms with Gasteiger partial charge < -0.3 is 25.0 Å². The van der Waals surface area contributed by atoms with E-state index in [0.29, 0.717) is 51.1 Å². The first kappa shape index (κ1) is 33.1. The van der Waals surface area contributed by atoms with Gasteiger partial charge in [0.25, 0.3) is 0 Å². The molecule has 1 fully saturated rings. The number of hydrogen-bond acceptors (Lipinski definition) is 9. The number of rotatable bonds is 11. The molecule has 4 aromatic rings. The van der Waals surface area contributed by atoms with E-state index in [1.54, 1.807) is 23.9 Å². The number of nitrogens with one attached hydrogen (secondary N) is 2. The number of anilines is 2. The molecule has 0 saturated heterocycles. The van der Waals surface area contributed by atoms with Crippen LogP contribution in [0.3, 0.4) is 0 Å². The van der Waals surface area contributed by atoms with E-state index < -0.39 is 12.8 Å². The number of thiophene rings is 1. The molecule has 0 unspecified atom stereocenters. The summed E-state index contributed by atoms with van der Waals surface area (Å²) in [6.45, 7) is 4.65. The molecule has 1 amide bonds. The molecule has 1 aliphatic heterocycles. The van der Waals surface area contributed by atoms with Crippen molar-refractivity contribution in [1.82, 2.24) is 25.2 Å². The van der Waals surface area contributed by atoms with Crippen molar-refractivity contribution in [3.05, 3.63) is 64.6 Å². The van der Waals surface area contributed by atoms with Crippen molar-refractivity contribution in [2.75, 3.05) is 25.0 Å². The number of pyridine rings is 1. The summed E-state index contributed by atoms with van der Waals surface area (Å²) in [6, 6.07) is 9.99. The predicted octanol–water partition coefficient (Wildman–Crippen LogP) is 7.38. The van der Waals surface area contributed by atoms with Crippen LogP contribution in [0.1, 0.15) is 60.2 Å². The minimum absolute atomic E-state index is 0.128. The lowest BCUT2D eigenvalue weighted by Crippen LogP contribution is -2.38. The molecule has 3 aromatic heterocycles. The summed E-state index contributed by atoms with van der Waals surface area (Å²) in [6.07, 6.45) is 3.36. The maximum Gasteiger partial charge on any atom is 0.411 e. The molecular formula is C34H39F3N6O3S. The van der Waals surface area contributed by atoms with E-state index in [0.717, 1.165) is 62.9 Å². The van der Waals surface area contributed by atoms with Gasteiger partial charge in [-0.3, -0.25) is 9.78 Å². The second-order valence-electron chi connectivity index (χ2n) is 12.3. The molecule has 0 radical (unpaired) electrons. The summed E-state index contributed by atoms with van der Waals surface area (Å²) in [5.41, 5.74) is 3.98. The summed E-state index contributed by atoms with van der Waals surface area (Å²) in [4.78, 5) is 30.5. The Balaban J connectivity index is 1.00. The van der Waals surface area contributed by atoms with Crippen LogP contribution >= 0.6 is 11.3 Å². The number of aromatic nitrogens is 3. The Bertz CT molecular complexity index is 1690. The zero-order valence-electron chi connectivity index (χ0n) is 26.5. The van der Waals surface area contributed by atoms with Crippen LogP contribution in [0.2, 0.25) is 0 Å². The van der Waals surface area contributed by atoms with E-state index in [1.807, 2.05) is 49.1 Å². The van der Waals surface area contributed by atoms with Crippen LogP contribution < -0.4 is 15.4 Å². The lowest BCUT2D eigenvalue weighted by molar-refractivity contribution is -0.188. The molecule has 13 heteroatoms. The highest BCUT2D eigenvalue weighted by Gasteiger charge is 2.31. The molecule has 1 saturated carbocycles. The van der Waals surface area contributed by atoms with E-state index in [9.17, 15) is 18.0 Å². The van der Waals surface area contributed by atoms with Crippen molar-refractivity contribution >= 4 is 39.0 Å². The Hall–Kier alpha value is -3.81. The molecule has 47 heavy (non-hydrogen) atoms. The lowest BCUT2D eigenvalue weighted by atomic mass is 9.93. The number of fused-ring (bicyclic) bond motifs is 3. The van der Waals surface area contributed by atoms with Gasteiger partial charge in [-0.05, 0) is 100 Å². The molecule has 9 nitrogen and oxygen atoms in total. The number of halogens is 3. The SMILES string of the molecule is Cc1ccc(Oc2ccc(Nc3ncnc4sc5c(c34)CCN(C(=O)CCCN[C@H]3CC[C@H](OCC(F)(F)F)CC3)C5)cc2C)cn1. The Morgan fingerprint density at radius 3 is 2.66 bits per heavy atom. The van der Waals surface area contributed by atoms with E-state index in [-0.39, 0.29) is 18.1 Å². The quantitative estimate of drug-likeness (QED) is 0.160. The number of ether oxygens (including phenoxy) is 2. The molecule has 0 bridgehead atoms. The van der Waals surface area contributed by atoms with Gasteiger partial charge in [-0.25, -0.2) is 9.97 Å². The molecule has 0 atom stereocenters. The minimum atomic E-state index is -4.28. The van der Waals surface area contributed by atoms with Crippen LogP contribution in [0.15, 0.2) is 42.9 Å². The van der Waals surface area contributed by atoms with Crippen LogP contribution in [-0.2, 0) is 22.5 Å². The van der Waals surface area contributed by atoms with Gasteiger partial charge in [0.15, 0.2) is 0 Å². The van der Waals surface area contributed by atoms with Gasteiger partial charge in [0.2, 0.25) is 5.91 Å². The minimum Gasteiger partial charge on any atom is -0.455 e. The van der Waals surface area contributed by atoms with Crippen LogP contribution in [0, 0.1) is 13.8 Å². The first-order valence-corrected chi connectivity index (χ1v) is 16.9. The molecule has 1 aromatic carbocycles. The second kappa shape index (κ2) is 14.5. The van der Waals surface area contributed by atoms with Gasteiger partial charge in [0, 0.05) is 35.3 Å². The number of nitrogens with zero attached hydrogens (tertiary/aromatic N) is 4. The highest BCUT2D eigenvalue weighted by molar-refractivity contribution is 7.19. The van der Waals surface area contributed by atoms with Gasteiger partial charge in [0.1, 0.15) is 35.1 Å². The van der Waals surface area contributed by atoms with Crippen molar-refractivity contribution in [1.29, 1.82) is 0 Å².